The lowest BCUT2D eigenvalue weighted by Gasteiger charge is -1.98. The van der Waals surface area contributed by atoms with Gasteiger partial charge in [-0.2, -0.15) is 0 Å². The van der Waals surface area contributed by atoms with Gasteiger partial charge in [0, 0.05) is 13.7 Å². The van der Waals surface area contributed by atoms with Crippen LogP contribution in [0.5, 0.6) is 0 Å². The standard InChI is InChI=1S/C6H11NO2.2C3H6O/c1-3-6(8)7-4-5-9-2;2*1-3(2)4/h3H,1,4-5H2,2H3,(H,7,8);2*1-2H3. The number of rotatable bonds is 4. The summed E-state index contributed by atoms with van der Waals surface area (Å²) in [4.78, 5) is 29.3. The zero-order chi connectivity index (χ0) is 14.3. The molecule has 1 amide bonds. The minimum atomic E-state index is -0.160. The summed E-state index contributed by atoms with van der Waals surface area (Å²) in [6.45, 7) is 10.5. The molecule has 0 saturated heterocycles. The lowest BCUT2D eigenvalue weighted by Crippen LogP contribution is -2.24. The molecule has 17 heavy (non-hydrogen) atoms. The summed E-state index contributed by atoms with van der Waals surface area (Å²) in [6.07, 6.45) is 1.23. The fraction of sp³-hybridized carbons (Fsp3) is 0.583. The average molecular weight is 245 g/mol. The fourth-order valence-electron chi connectivity index (χ4n) is 0.348. The van der Waals surface area contributed by atoms with Crippen LogP contribution in [0.2, 0.25) is 0 Å². The topological polar surface area (TPSA) is 72.5 Å². The van der Waals surface area contributed by atoms with Crippen LogP contribution in [0, 0.1) is 0 Å². The number of ketones is 2. The van der Waals surface area contributed by atoms with E-state index in [1.165, 1.54) is 33.8 Å². The minimum Gasteiger partial charge on any atom is -0.383 e. The van der Waals surface area contributed by atoms with Gasteiger partial charge in [-0.15, -0.1) is 0 Å². The zero-order valence-electron chi connectivity index (χ0n) is 11.3. The number of carbonyl (C=O) groups is 3. The van der Waals surface area contributed by atoms with E-state index in [9.17, 15) is 14.4 Å². The van der Waals surface area contributed by atoms with Gasteiger partial charge >= 0.3 is 0 Å². The van der Waals surface area contributed by atoms with Crippen molar-refractivity contribution in [3.8, 4) is 0 Å². The first-order chi connectivity index (χ1) is 7.77. The first-order valence-electron chi connectivity index (χ1n) is 5.11. The largest absolute Gasteiger partial charge is 0.383 e. The molecule has 0 atom stereocenters. The van der Waals surface area contributed by atoms with Crippen LogP contribution in [-0.2, 0) is 19.1 Å². The highest BCUT2D eigenvalue weighted by Gasteiger charge is 1.89. The molecule has 0 aliphatic heterocycles. The van der Waals surface area contributed by atoms with Crippen LogP contribution >= 0.6 is 0 Å². The summed E-state index contributed by atoms with van der Waals surface area (Å²) >= 11 is 0. The normalized spacial score (nSPS) is 7.59. The maximum absolute atomic E-state index is 10.4. The Hall–Kier alpha value is -1.49. The molecule has 0 fully saturated rings. The lowest BCUT2D eigenvalue weighted by molar-refractivity contribution is -0.117. The number of Topliss-reactive ketones (excluding diaryl/α,β-unsaturated/α-hetero) is 2. The van der Waals surface area contributed by atoms with Gasteiger partial charge < -0.3 is 19.6 Å². The predicted octanol–water partition coefficient (Wildman–Crippen LogP) is 1.13. The highest BCUT2D eigenvalue weighted by molar-refractivity contribution is 5.86. The Bertz CT molecular complexity index is 217. The molecule has 5 nitrogen and oxygen atoms in total. The van der Waals surface area contributed by atoms with Gasteiger partial charge in [0.05, 0.1) is 6.61 Å². The molecule has 0 aromatic rings. The Kier molecular flexibility index (Phi) is 20.8. The Morgan fingerprint density at radius 1 is 1.12 bits per heavy atom. The van der Waals surface area contributed by atoms with Crippen molar-refractivity contribution in [2.75, 3.05) is 20.3 Å². The van der Waals surface area contributed by atoms with E-state index in [1.807, 2.05) is 0 Å². The van der Waals surface area contributed by atoms with E-state index in [0.29, 0.717) is 13.2 Å². The van der Waals surface area contributed by atoms with Gasteiger partial charge in [-0.1, -0.05) is 6.58 Å². The number of hydrogen-bond donors (Lipinski definition) is 1. The van der Waals surface area contributed by atoms with Crippen LogP contribution in [0.4, 0.5) is 0 Å². The number of amides is 1. The van der Waals surface area contributed by atoms with Gasteiger partial charge in [-0.05, 0) is 33.8 Å². The van der Waals surface area contributed by atoms with Gasteiger partial charge in [0.15, 0.2) is 0 Å². The highest BCUT2D eigenvalue weighted by Crippen LogP contribution is 1.66. The van der Waals surface area contributed by atoms with E-state index >= 15 is 0 Å². The molecule has 0 aromatic heterocycles. The second-order valence-electron chi connectivity index (χ2n) is 3.30. The monoisotopic (exact) mass is 245 g/mol. The third kappa shape index (κ3) is 74.8. The second-order valence-corrected chi connectivity index (χ2v) is 3.30. The summed E-state index contributed by atoms with van der Waals surface area (Å²) in [7, 11) is 1.58. The van der Waals surface area contributed by atoms with E-state index in [4.69, 9.17) is 0 Å². The minimum absolute atomic E-state index is 0.160. The van der Waals surface area contributed by atoms with Crippen molar-refractivity contribution in [1.29, 1.82) is 0 Å². The van der Waals surface area contributed by atoms with Gasteiger partial charge in [0.2, 0.25) is 5.91 Å². The fourth-order valence-corrected chi connectivity index (χ4v) is 0.348. The molecule has 0 radical (unpaired) electrons. The number of carbonyl (C=O) groups excluding carboxylic acids is 3. The van der Waals surface area contributed by atoms with Gasteiger partial charge in [0.25, 0.3) is 0 Å². The summed E-state index contributed by atoms with van der Waals surface area (Å²) < 4.78 is 4.69. The van der Waals surface area contributed by atoms with Crippen molar-refractivity contribution >= 4 is 17.5 Å². The number of hydrogen-bond acceptors (Lipinski definition) is 4. The van der Waals surface area contributed by atoms with Crippen molar-refractivity contribution in [3.63, 3.8) is 0 Å². The molecule has 0 saturated carbocycles. The van der Waals surface area contributed by atoms with Crippen molar-refractivity contribution in [2.24, 2.45) is 0 Å². The van der Waals surface area contributed by atoms with Crippen LogP contribution in [0.1, 0.15) is 27.7 Å². The average Bonchev–Trinajstić information content (AvgIpc) is 2.16. The number of nitrogens with one attached hydrogen (secondary N) is 1. The molecule has 5 heteroatoms. The van der Waals surface area contributed by atoms with E-state index in [-0.39, 0.29) is 17.5 Å². The predicted molar refractivity (Wildman–Crippen MR) is 67.8 cm³/mol. The van der Waals surface area contributed by atoms with Crippen LogP contribution in [0.25, 0.3) is 0 Å². The van der Waals surface area contributed by atoms with Crippen LogP contribution in [0.3, 0.4) is 0 Å². The molecule has 0 bridgehead atoms. The molecule has 100 valence electrons. The van der Waals surface area contributed by atoms with Gasteiger partial charge in [0.1, 0.15) is 11.6 Å². The quantitative estimate of drug-likeness (QED) is 0.595. The molecular formula is C12H23NO4. The smallest absolute Gasteiger partial charge is 0.243 e. The molecule has 1 N–H and O–H groups in total. The Morgan fingerprint density at radius 2 is 1.47 bits per heavy atom. The zero-order valence-corrected chi connectivity index (χ0v) is 11.3. The summed E-state index contributed by atoms with van der Waals surface area (Å²) in [5, 5.41) is 2.55. The SMILES string of the molecule is C=CC(=O)NCCOC.CC(C)=O.CC(C)=O. The Balaban J connectivity index is -0.000000205. The van der Waals surface area contributed by atoms with Crippen LogP contribution in [-0.4, -0.2) is 37.7 Å². The summed E-state index contributed by atoms with van der Waals surface area (Å²) in [5.74, 6) is 0.173. The molecule has 0 heterocycles. The molecule has 0 spiro atoms. The van der Waals surface area contributed by atoms with Crippen molar-refractivity contribution in [1.82, 2.24) is 5.32 Å². The van der Waals surface area contributed by atoms with Gasteiger partial charge in [-0.25, -0.2) is 0 Å². The van der Waals surface area contributed by atoms with E-state index in [0.717, 1.165) is 0 Å². The molecule has 0 aliphatic rings. The molecule has 0 aliphatic carbocycles. The highest BCUT2D eigenvalue weighted by atomic mass is 16.5. The number of methoxy groups -OCH3 is 1. The molecule has 0 rings (SSSR count). The molecule has 0 aromatic carbocycles. The third-order valence-corrected chi connectivity index (χ3v) is 0.791. The first kappa shape index (κ1) is 20.9. The number of ether oxygens (including phenoxy) is 1. The first-order valence-corrected chi connectivity index (χ1v) is 5.11. The lowest BCUT2D eigenvalue weighted by atomic mass is 10.5. The van der Waals surface area contributed by atoms with Crippen molar-refractivity contribution in [3.05, 3.63) is 12.7 Å². The summed E-state index contributed by atoms with van der Waals surface area (Å²) in [6, 6.07) is 0. The maximum Gasteiger partial charge on any atom is 0.243 e. The van der Waals surface area contributed by atoms with Crippen molar-refractivity contribution < 1.29 is 19.1 Å². The van der Waals surface area contributed by atoms with E-state index in [1.54, 1.807) is 7.11 Å². The van der Waals surface area contributed by atoms with E-state index < -0.39 is 0 Å². The second kappa shape index (κ2) is 16.9. The molecule has 0 unspecified atom stereocenters. The Labute approximate surface area is 103 Å². The third-order valence-electron chi connectivity index (χ3n) is 0.791. The van der Waals surface area contributed by atoms with Crippen LogP contribution in [0.15, 0.2) is 12.7 Å². The Morgan fingerprint density at radius 3 is 1.71 bits per heavy atom. The molecular weight excluding hydrogens is 222 g/mol. The maximum atomic E-state index is 10.4. The van der Waals surface area contributed by atoms with Gasteiger partial charge in [-0.3, -0.25) is 4.79 Å². The van der Waals surface area contributed by atoms with Crippen molar-refractivity contribution in [2.45, 2.75) is 27.7 Å². The van der Waals surface area contributed by atoms with E-state index in [2.05, 4.69) is 16.6 Å². The summed E-state index contributed by atoms with van der Waals surface area (Å²) in [5.41, 5.74) is 0. The van der Waals surface area contributed by atoms with Crippen LogP contribution < -0.4 is 5.32 Å².